The van der Waals surface area contributed by atoms with Crippen molar-refractivity contribution in [1.29, 1.82) is 5.26 Å². The zero-order chi connectivity index (χ0) is 28.5. The predicted octanol–water partition coefficient (Wildman–Crippen LogP) is 5.47. The van der Waals surface area contributed by atoms with E-state index in [2.05, 4.69) is 54.5 Å². The van der Waals surface area contributed by atoms with Gasteiger partial charge in [0.1, 0.15) is 0 Å². The molecule has 1 heterocycles. The van der Waals surface area contributed by atoms with Crippen molar-refractivity contribution >= 4 is 22.6 Å². The van der Waals surface area contributed by atoms with Crippen LogP contribution in [0.5, 0.6) is 0 Å². The summed E-state index contributed by atoms with van der Waals surface area (Å²) in [5.74, 6) is 0.157. The van der Waals surface area contributed by atoms with E-state index in [0.717, 1.165) is 34.0 Å². The van der Waals surface area contributed by atoms with Crippen LogP contribution in [0.3, 0.4) is 0 Å². The normalized spacial score (nSPS) is 12.4. The second-order valence-corrected chi connectivity index (χ2v) is 10.3. The second kappa shape index (κ2) is 13.6. The SMILES string of the molecule is CCC(=O)N(Cc1cccc2ccccc12)C[C@@H](NC(=O)Cc1cncn1Cc1ccc(C#N)cc1)C(C)CC. The third-order valence-electron chi connectivity index (χ3n) is 7.57. The van der Waals surface area contributed by atoms with Crippen LogP contribution < -0.4 is 5.32 Å². The zero-order valence-corrected chi connectivity index (χ0v) is 23.5. The van der Waals surface area contributed by atoms with Gasteiger partial charge in [0.2, 0.25) is 11.8 Å². The first-order valence-corrected chi connectivity index (χ1v) is 13.9. The minimum atomic E-state index is -0.183. The lowest BCUT2D eigenvalue weighted by Crippen LogP contribution is -2.49. The predicted molar refractivity (Wildman–Crippen MR) is 157 cm³/mol. The fourth-order valence-electron chi connectivity index (χ4n) is 4.95. The fraction of sp³-hybridized carbons (Fsp3) is 0.333. The number of hydrogen-bond acceptors (Lipinski definition) is 4. The third-order valence-corrected chi connectivity index (χ3v) is 7.57. The molecule has 0 saturated carbocycles. The molecule has 3 aromatic carbocycles. The second-order valence-electron chi connectivity index (χ2n) is 10.3. The summed E-state index contributed by atoms with van der Waals surface area (Å²) in [4.78, 5) is 32.5. The van der Waals surface area contributed by atoms with Crippen LogP contribution in [0.25, 0.3) is 10.8 Å². The van der Waals surface area contributed by atoms with Crippen molar-refractivity contribution < 1.29 is 9.59 Å². The number of carbonyl (C=O) groups is 2. The first-order valence-electron chi connectivity index (χ1n) is 13.9. The standard InChI is InChI=1S/C33H37N5O2/c1-4-24(3)31(22-37(33(40)5-2)21-28-11-8-10-27-9-6-7-12-30(27)28)36-32(39)17-29-19-35-23-38(29)20-26-15-13-25(18-34)14-16-26/h6-16,19,23-24,31H,4-5,17,20-22H2,1-3H3,(H,36,39)/t24?,31-/m1/s1. The number of rotatable bonds is 12. The van der Waals surface area contributed by atoms with Gasteiger partial charge >= 0.3 is 0 Å². The lowest BCUT2D eigenvalue weighted by Gasteiger charge is -2.32. The molecule has 1 unspecified atom stereocenters. The Balaban J connectivity index is 1.47. The molecule has 0 aliphatic rings. The van der Waals surface area contributed by atoms with Crippen molar-refractivity contribution in [2.75, 3.05) is 6.54 Å². The summed E-state index contributed by atoms with van der Waals surface area (Å²) in [6, 6.07) is 23.8. The molecule has 0 aliphatic carbocycles. The molecule has 1 N–H and O–H groups in total. The maximum absolute atomic E-state index is 13.3. The van der Waals surface area contributed by atoms with Gasteiger partial charge < -0.3 is 14.8 Å². The van der Waals surface area contributed by atoms with Gasteiger partial charge in [-0.2, -0.15) is 5.26 Å². The fourth-order valence-corrected chi connectivity index (χ4v) is 4.95. The van der Waals surface area contributed by atoms with Crippen LogP contribution in [0.15, 0.2) is 79.3 Å². The molecule has 206 valence electrons. The Morgan fingerprint density at radius 1 is 1.05 bits per heavy atom. The van der Waals surface area contributed by atoms with Gasteiger partial charge in [-0.25, -0.2) is 4.98 Å². The largest absolute Gasteiger partial charge is 0.351 e. The number of carbonyl (C=O) groups excluding carboxylic acids is 2. The molecular weight excluding hydrogens is 498 g/mol. The van der Waals surface area contributed by atoms with Crippen LogP contribution in [0.4, 0.5) is 0 Å². The summed E-state index contributed by atoms with van der Waals surface area (Å²) in [6.07, 6.45) is 4.91. The van der Waals surface area contributed by atoms with Crippen LogP contribution in [0.1, 0.15) is 56.0 Å². The first-order chi connectivity index (χ1) is 19.4. The summed E-state index contributed by atoms with van der Waals surface area (Å²) in [7, 11) is 0. The molecule has 0 bridgehead atoms. The van der Waals surface area contributed by atoms with E-state index in [0.29, 0.717) is 31.6 Å². The lowest BCUT2D eigenvalue weighted by atomic mass is 9.97. The van der Waals surface area contributed by atoms with Gasteiger partial charge in [-0.15, -0.1) is 0 Å². The van der Waals surface area contributed by atoms with Crippen LogP contribution in [0.2, 0.25) is 0 Å². The minimum Gasteiger partial charge on any atom is -0.351 e. The van der Waals surface area contributed by atoms with Gasteiger partial charge in [-0.1, -0.05) is 81.8 Å². The van der Waals surface area contributed by atoms with Crippen molar-refractivity contribution in [3.8, 4) is 6.07 Å². The molecule has 0 fully saturated rings. The summed E-state index contributed by atoms with van der Waals surface area (Å²) < 4.78 is 1.95. The summed E-state index contributed by atoms with van der Waals surface area (Å²) in [6.45, 7) is 7.60. The van der Waals surface area contributed by atoms with E-state index in [9.17, 15) is 9.59 Å². The van der Waals surface area contributed by atoms with Crippen molar-refractivity contribution in [3.05, 3.63) is 102 Å². The number of hydrogen-bond donors (Lipinski definition) is 1. The number of amides is 2. The highest BCUT2D eigenvalue weighted by molar-refractivity contribution is 5.86. The molecule has 0 saturated heterocycles. The summed E-state index contributed by atoms with van der Waals surface area (Å²) >= 11 is 0. The van der Waals surface area contributed by atoms with Crippen LogP contribution in [-0.2, 0) is 29.1 Å². The maximum Gasteiger partial charge on any atom is 0.226 e. The molecule has 0 radical (unpaired) electrons. The molecule has 0 spiro atoms. The Morgan fingerprint density at radius 2 is 1.80 bits per heavy atom. The number of nitriles is 1. The zero-order valence-electron chi connectivity index (χ0n) is 23.5. The highest BCUT2D eigenvalue weighted by Crippen LogP contribution is 2.21. The van der Waals surface area contributed by atoms with Crippen LogP contribution in [-0.4, -0.2) is 38.9 Å². The number of fused-ring (bicyclic) bond motifs is 1. The Morgan fingerprint density at radius 3 is 2.52 bits per heavy atom. The van der Waals surface area contributed by atoms with Crippen LogP contribution >= 0.6 is 0 Å². The van der Waals surface area contributed by atoms with E-state index in [1.54, 1.807) is 24.7 Å². The number of nitrogens with one attached hydrogen (secondary N) is 1. The minimum absolute atomic E-state index is 0.0657. The topological polar surface area (TPSA) is 91.0 Å². The summed E-state index contributed by atoms with van der Waals surface area (Å²) in [5.41, 5.74) is 3.54. The molecule has 4 rings (SSSR count). The molecule has 0 aliphatic heterocycles. The monoisotopic (exact) mass is 535 g/mol. The number of nitrogens with zero attached hydrogens (tertiary/aromatic N) is 4. The van der Waals surface area contributed by atoms with Gasteiger partial charge in [0, 0.05) is 44.0 Å². The van der Waals surface area contributed by atoms with Crippen molar-refractivity contribution in [3.63, 3.8) is 0 Å². The van der Waals surface area contributed by atoms with E-state index in [-0.39, 0.29) is 30.2 Å². The van der Waals surface area contributed by atoms with E-state index < -0.39 is 0 Å². The van der Waals surface area contributed by atoms with Gasteiger partial charge in [-0.3, -0.25) is 9.59 Å². The molecule has 2 atom stereocenters. The molecule has 7 heteroatoms. The quantitative estimate of drug-likeness (QED) is 0.261. The average Bonchev–Trinajstić information content (AvgIpc) is 3.41. The van der Waals surface area contributed by atoms with E-state index >= 15 is 0 Å². The third kappa shape index (κ3) is 7.15. The first kappa shape index (κ1) is 28.6. The highest BCUT2D eigenvalue weighted by Gasteiger charge is 2.25. The number of imidazole rings is 1. The molecule has 4 aromatic rings. The van der Waals surface area contributed by atoms with Gasteiger partial charge in [0.15, 0.2) is 0 Å². The Labute approximate surface area is 236 Å². The van der Waals surface area contributed by atoms with Gasteiger partial charge in [0.05, 0.1) is 24.4 Å². The Bertz CT molecular complexity index is 1480. The lowest BCUT2D eigenvalue weighted by molar-refractivity contribution is -0.133. The molecule has 2 amide bonds. The average molecular weight is 536 g/mol. The Kier molecular flexibility index (Phi) is 9.69. The summed E-state index contributed by atoms with van der Waals surface area (Å²) in [5, 5.41) is 14.6. The van der Waals surface area contributed by atoms with Crippen molar-refractivity contribution in [2.24, 2.45) is 5.92 Å². The van der Waals surface area contributed by atoms with Crippen molar-refractivity contribution in [1.82, 2.24) is 19.8 Å². The number of benzene rings is 3. The van der Waals surface area contributed by atoms with Crippen LogP contribution in [0, 0.1) is 17.2 Å². The van der Waals surface area contributed by atoms with E-state index in [1.165, 1.54) is 0 Å². The highest BCUT2D eigenvalue weighted by atomic mass is 16.2. The molecule has 40 heavy (non-hydrogen) atoms. The van der Waals surface area contributed by atoms with E-state index in [4.69, 9.17) is 5.26 Å². The number of aromatic nitrogens is 2. The Hall–Kier alpha value is -4.44. The van der Waals surface area contributed by atoms with Gasteiger partial charge in [0.25, 0.3) is 0 Å². The molecule has 1 aromatic heterocycles. The molecular formula is C33H37N5O2. The van der Waals surface area contributed by atoms with E-state index in [1.807, 2.05) is 46.7 Å². The van der Waals surface area contributed by atoms with Crippen molar-refractivity contribution in [2.45, 2.75) is 59.2 Å². The smallest absolute Gasteiger partial charge is 0.226 e. The van der Waals surface area contributed by atoms with Gasteiger partial charge in [-0.05, 0) is 39.9 Å². The maximum atomic E-state index is 13.3. The molecule has 7 nitrogen and oxygen atoms in total.